The van der Waals surface area contributed by atoms with Crippen LogP contribution in [0.1, 0.15) is 10.4 Å². The SMILES string of the molecule is O=C(c1cnc2ccccn2c1=O)N1CCN(S(=O)(=O)c2ccc3ccccc3c2)CC1. The summed E-state index contributed by atoms with van der Waals surface area (Å²) in [5.74, 6) is -0.441. The molecule has 0 N–H and O–H groups in total. The second kappa shape index (κ2) is 7.85. The lowest BCUT2D eigenvalue weighted by Crippen LogP contribution is -2.51. The van der Waals surface area contributed by atoms with Gasteiger partial charge in [0.1, 0.15) is 11.2 Å². The maximum absolute atomic E-state index is 13.1. The molecular weight excluding hydrogens is 428 g/mol. The number of sulfonamides is 1. The molecule has 0 spiro atoms. The highest BCUT2D eigenvalue weighted by molar-refractivity contribution is 7.89. The van der Waals surface area contributed by atoms with Crippen LogP contribution in [-0.4, -0.2) is 59.1 Å². The van der Waals surface area contributed by atoms with E-state index in [9.17, 15) is 18.0 Å². The van der Waals surface area contributed by atoms with Crippen LogP contribution in [0.4, 0.5) is 0 Å². The number of aromatic nitrogens is 2. The first-order chi connectivity index (χ1) is 15.4. The molecule has 32 heavy (non-hydrogen) atoms. The molecule has 1 aliphatic heterocycles. The summed E-state index contributed by atoms with van der Waals surface area (Å²) in [5, 5.41) is 1.82. The number of hydrogen-bond donors (Lipinski definition) is 0. The third-order valence-electron chi connectivity index (χ3n) is 5.73. The van der Waals surface area contributed by atoms with Crippen molar-refractivity contribution in [3.63, 3.8) is 0 Å². The standard InChI is InChI=1S/C23H20N4O4S/c28-22(20-16-24-21-7-3-4-10-27(21)23(20)29)25-11-13-26(14-12-25)32(30,31)19-9-8-17-5-1-2-6-18(17)15-19/h1-10,15-16H,11-14H2. The fourth-order valence-electron chi connectivity index (χ4n) is 3.95. The predicted molar refractivity (Wildman–Crippen MR) is 120 cm³/mol. The zero-order chi connectivity index (χ0) is 22.3. The van der Waals surface area contributed by atoms with Crippen LogP contribution in [0, 0.1) is 0 Å². The van der Waals surface area contributed by atoms with Crippen LogP contribution in [0.3, 0.4) is 0 Å². The molecular formula is C23H20N4O4S. The van der Waals surface area contributed by atoms with Crippen LogP contribution in [0.5, 0.6) is 0 Å². The van der Waals surface area contributed by atoms with E-state index in [-0.39, 0.29) is 36.6 Å². The second-order valence-corrected chi connectivity index (χ2v) is 9.55. The van der Waals surface area contributed by atoms with E-state index in [0.29, 0.717) is 5.65 Å². The van der Waals surface area contributed by atoms with Crippen molar-refractivity contribution in [2.45, 2.75) is 4.90 Å². The first-order valence-electron chi connectivity index (χ1n) is 10.2. The number of benzene rings is 2. The van der Waals surface area contributed by atoms with Crippen molar-refractivity contribution in [3.05, 3.63) is 89.0 Å². The van der Waals surface area contributed by atoms with Crippen molar-refractivity contribution in [2.75, 3.05) is 26.2 Å². The van der Waals surface area contributed by atoms with Gasteiger partial charge in [-0.2, -0.15) is 4.31 Å². The van der Waals surface area contributed by atoms with Crippen LogP contribution < -0.4 is 5.56 Å². The number of carbonyl (C=O) groups is 1. The molecule has 0 bridgehead atoms. The number of piperazine rings is 1. The molecule has 0 unspecified atom stereocenters. The quantitative estimate of drug-likeness (QED) is 0.478. The third-order valence-corrected chi connectivity index (χ3v) is 7.62. The van der Waals surface area contributed by atoms with E-state index in [1.54, 1.807) is 42.6 Å². The van der Waals surface area contributed by atoms with Gasteiger partial charge in [0.25, 0.3) is 11.5 Å². The second-order valence-electron chi connectivity index (χ2n) is 7.61. The van der Waals surface area contributed by atoms with Gasteiger partial charge in [-0.1, -0.05) is 36.4 Å². The molecule has 1 saturated heterocycles. The van der Waals surface area contributed by atoms with E-state index in [0.717, 1.165) is 10.8 Å². The van der Waals surface area contributed by atoms with Gasteiger partial charge < -0.3 is 4.90 Å². The molecule has 162 valence electrons. The lowest BCUT2D eigenvalue weighted by Gasteiger charge is -2.33. The van der Waals surface area contributed by atoms with Gasteiger partial charge in [0.05, 0.1) is 4.90 Å². The van der Waals surface area contributed by atoms with Crippen LogP contribution in [0.15, 0.2) is 82.7 Å². The van der Waals surface area contributed by atoms with Crippen molar-refractivity contribution in [2.24, 2.45) is 0 Å². The Morgan fingerprint density at radius 2 is 1.59 bits per heavy atom. The topological polar surface area (TPSA) is 92.1 Å². The lowest BCUT2D eigenvalue weighted by atomic mass is 10.1. The molecule has 1 fully saturated rings. The highest BCUT2D eigenvalue weighted by atomic mass is 32.2. The monoisotopic (exact) mass is 448 g/mol. The molecule has 4 aromatic rings. The maximum atomic E-state index is 13.1. The zero-order valence-electron chi connectivity index (χ0n) is 17.1. The molecule has 1 amide bonds. The molecule has 2 aromatic carbocycles. The molecule has 0 aliphatic carbocycles. The summed E-state index contributed by atoms with van der Waals surface area (Å²) in [6.45, 7) is 0.706. The number of amides is 1. The number of carbonyl (C=O) groups excluding carboxylic acids is 1. The average Bonchev–Trinajstić information content (AvgIpc) is 2.84. The Hall–Kier alpha value is -3.56. The summed E-state index contributed by atoms with van der Waals surface area (Å²) in [6, 6.07) is 17.8. The van der Waals surface area contributed by atoms with Crippen LogP contribution in [0.25, 0.3) is 16.4 Å². The Labute approximate surface area is 184 Å². The Morgan fingerprint density at radius 1 is 0.875 bits per heavy atom. The lowest BCUT2D eigenvalue weighted by molar-refractivity contribution is 0.0695. The van der Waals surface area contributed by atoms with Crippen molar-refractivity contribution in [1.29, 1.82) is 0 Å². The highest BCUT2D eigenvalue weighted by Gasteiger charge is 2.31. The van der Waals surface area contributed by atoms with Gasteiger partial charge in [-0.3, -0.25) is 14.0 Å². The number of rotatable bonds is 3. The third kappa shape index (κ3) is 3.45. The number of hydrogen-bond acceptors (Lipinski definition) is 5. The Balaban J connectivity index is 1.35. The smallest absolute Gasteiger partial charge is 0.270 e. The first kappa shape index (κ1) is 20.3. The fraction of sp³-hybridized carbons (Fsp3) is 0.174. The molecule has 1 aliphatic rings. The first-order valence-corrected chi connectivity index (χ1v) is 11.6. The average molecular weight is 449 g/mol. The molecule has 9 heteroatoms. The Morgan fingerprint density at radius 3 is 2.38 bits per heavy atom. The van der Waals surface area contributed by atoms with E-state index < -0.39 is 21.5 Å². The van der Waals surface area contributed by atoms with Gasteiger partial charge >= 0.3 is 0 Å². The normalized spacial score (nSPS) is 15.3. The molecule has 0 radical (unpaired) electrons. The van der Waals surface area contributed by atoms with Crippen LogP contribution >= 0.6 is 0 Å². The number of nitrogens with zero attached hydrogens (tertiary/aromatic N) is 4. The summed E-state index contributed by atoms with van der Waals surface area (Å²) in [6.07, 6.45) is 2.85. The van der Waals surface area contributed by atoms with Gasteiger partial charge in [0.2, 0.25) is 10.0 Å². The Bertz CT molecular complexity index is 1510. The predicted octanol–water partition coefficient (Wildman–Crippen LogP) is 1.99. The summed E-state index contributed by atoms with van der Waals surface area (Å²) in [4.78, 5) is 31.6. The largest absolute Gasteiger partial charge is 0.336 e. The van der Waals surface area contributed by atoms with E-state index in [4.69, 9.17) is 0 Å². The minimum absolute atomic E-state index is 0.0282. The van der Waals surface area contributed by atoms with Crippen molar-refractivity contribution in [1.82, 2.24) is 18.6 Å². The van der Waals surface area contributed by atoms with Gasteiger partial charge in [-0.05, 0) is 35.0 Å². The molecule has 0 atom stereocenters. The van der Waals surface area contributed by atoms with Crippen molar-refractivity contribution >= 4 is 32.4 Å². The van der Waals surface area contributed by atoms with Gasteiger partial charge in [-0.25, -0.2) is 13.4 Å². The molecule has 5 rings (SSSR count). The van der Waals surface area contributed by atoms with Gasteiger partial charge in [-0.15, -0.1) is 0 Å². The number of pyridine rings is 1. The fourth-order valence-corrected chi connectivity index (χ4v) is 5.41. The van der Waals surface area contributed by atoms with Crippen LogP contribution in [-0.2, 0) is 10.0 Å². The maximum Gasteiger partial charge on any atom is 0.270 e. The van der Waals surface area contributed by atoms with Gasteiger partial charge in [0, 0.05) is 38.6 Å². The molecule has 3 heterocycles. The molecule has 8 nitrogen and oxygen atoms in total. The minimum Gasteiger partial charge on any atom is -0.336 e. The van der Waals surface area contributed by atoms with E-state index in [1.165, 1.54) is 19.8 Å². The highest BCUT2D eigenvalue weighted by Crippen LogP contribution is 2.23. The van der Waals surface area contributed by atoms with E-state index in [2.05, 4.69) is 4.98 Å². The van der Waals surface area contributed by atoms with Crippen molar-refractivity contribution in [3.8, 4) is 0 Å². The molecule has 0 saturated carbocycles. The van der Waals surface area contributed by atoms with Crippen molar-refractivity contribution < 1.29 is 13.2 Å². The Kier molecular flexibility index (Phi) is 4.99. The summed E-state index contributed by atoms with van der Waals surface area (Å²) in [7, 11) is -3.69. The summed E-state index contributed by atoms with van der Waals surface area (Å²) >= 11 is 0. The van der Waals surface area contributed by atoms with E-state index in [1.807, 2.05) is 24.3 Å². The zero-order valence-corrected chi connectivity index (χ0v) is 17.9. The minimum atomic E-state index is -3.69. The summed E-state index contributed by atoms with van der Waals surface area (Å²) in [5.41, 5.74) is -0.00769. The van der Waals surface area contributed by atoms with E-state index >= 15 is 0 Å². The summed E-state index contributed by atoms with van der Waals surface area (Å²) < 4.78 is 29.0. The van der Waals surface area contributed by atoms with Gasteiger partial charge in [0.15, 0.2) is 0 Å². The number of fused-ring (bicyclic) bond motifs is 2. The molecule has 2 aromatic heterocycles. The van der Waals surface area contributed by atoms with Crippen LogP contribution in [0.2, 0.25) is 0 Å².